The van der Waals surface area contributed by atoms with Gasteiger partial charge >= 0.3 is 5.97 Å². The highest BCUT2D eigenvalue weighted by molar-refractivity contribution is 8.77. The largest absolute Gasteiger partial charge is 0.460 e. The third-order valence-electron chi connectivity index (χ3n) is 2.73. The van der Waals surface area contributed by atoms with Crippen LogP contribution in [0.2, 0.25) is 0 Å². The lowest BCUT2D eigenvalue weighted by molar-refractivity contribution is -0.154. The highest BCUT2D eigenvalue weighted by Gasteiger charge is 2.29. The number of unbranched alkanes of at least 4 members (excludes halogenated alkanes) is 1. The maximum Gasteiger partial charge on any atom is 0.306 e. The van der Waals surface area contributed by atoms with Crippen LogP contribution in [0.3, 0.4) is 0 Å². The number of esters is 1. The molecule has 1 heterocycles. The standard InChI is InChI=1S/C13H24O2S2/c1-12(2,3)15-11(14)7-5-6-8-13(4)9-10-16-17-13/h5-10H2,1-4H3/t13-/m1/s1. The van der Waals surface area contributed by atoms with Crippen molar-refractivity contribution in [2.45, 2.75) is 70.1 Å². The van der Waals surface area contributed by atoms with Crippen LogP contribution < -0.4 is 0 Å². The maximum atomic E-state index is 11.5. The molecule has 0 saturated carbocycles. The van der Waals surface area contributed by atoms with Crippen molar-refractivity contribution in [3.63, 3.8) is 0 Å². The second kappa shape index (κ2) is 6.37. The second-order valence-electron chi connectivity index (χ2n) is 5.90. The van der Waals surface area contributed by atoms with Gasteiger partial charge in [0.2, 0.25) is 0 Å². The molecule has 4 heteroatoms. The zero-order valence-corrected chi connectivity index (χ0v) is 13.0. The van der Waals surface area contributed by atoms with Crippen LogP contribution in [0.25, 0.3) is 0 Å². The molecule has 1 aliphatic heterocycles. The molecule has 17 heavy (non-hydrogen) atoms. The van der Waals surface area contributed by atoms with Gasteiger partial charge < -0.3 is 4.74 Å². The summed E-state index contributed by atoms with van der Waals surface area (Å²) in [5, 5.41) is 0. The van der Waals surface area contributed by atoms with Crippen LogP contribution in [0.15, 0.2) is 0 Å². The predicted molar refractivity (Wildman–Crippen MR) is 77.4 cm³/mol. The monoisotopic (exact) mass is 276 g/mol. The van der Waals surface area contributed by atoms with Crippen molar-refractivity contribution in [3.8, 4) is 0 Å². The molecular weight excluding hydrogens is 252 g/mol. The zero-order chi connectivity index (χ0) is 12.9. The Hall–Kier alpha value is 0.170. The minimum absolute atomic E-state index is 0.0592. The summed E-state index contributed by atoms with van der Waals surface area (Å²) in [5.74, 6) is 1.21. The Balaban J connectivity index is 2.10. The van der Waals surface area contributed by atoms with Gasteiger partial charge in [-0.2, -0.15) is 0 Å². The molecule has 0 aromatic heterocycles. The molecule has 0 spiro atoms. The summed E-state index contributed by atoms with van der Waals surface area (Å²) in [6.45, 7) is 8.08. The second-order valence-corrected chi connectivity index (χ2v) is 8.90. The Bertz CT molecular complexity index is 253. The first-order chi connectivity index (χ1) is 7.81. The van der Waals surface area contributed by atoms with Gasteiger partial charge in [0, 0.05) is 16.9 Å². The Kier molecular flexibility index (Phi) is 5.71. The molecule has 1 aliphatic rings. The molecule has 0 unspecified atom stereocenters. The van der Waals surface area contributed by atoms with Gasteiger partial charge in [-0.05, 0) is 47.0 Å². The molecule has 2 nitrogen and oxygen atoms in total. The van der Waals surface area contributed by atoms with Gasteiger partial charge in [0.05, 0.1) is 0 Å². The molecule has 0 aliphatic carbocycles. The molecule has 0 bridgehead atoms. The molecule has 0 aromatic carbocycles. The van der Waals surface area contributed by atoms with Crippen molar-refractivity contribution in [3.05, 3.63) is 0 Å². The SMILES string of the molecule is CC(C)(C)OC(=O)CCCC[C@]1(C)CCSS1. The van der Waals surface area contributed by atoms with Gasteiger partial charge in [0.15, 0.2) is 0 Å². The average Bonchev–Trinajstić information content (AvgIpc) is 2.58. The molecule has 0 radical (unpaired) electrons. The summed E-state index contributed by atoms with van der Waals surface area (Å²) in [7, 11) is 3.99. The van der Waals surface area contributed by atoms with E-state index in [-0.39, 0.29) is 11.6 Å². The van der Waals surface area contributed by atoms with Crippen molar-refractivity contribution in [1.82, 2.24) is 0 Å². The van der Waals surface area contributed by atoms with Crippen LogP contribution in [0.4, 0.5) is 0 Å². The van der Waals surface area contributed by atoms with Gasteiger partial charge in [0.25, 0.3) is 0 Å². The number of hydrogen-bond acceptors (Lipinski definition) is 4. The van der Waals surface area contributed by atoms with E-state index in [2.05, 4.69) is 6.92 Å². The molecule has 0 amide bonds. The van der Waals surface area contributed by atoms with E-state index in [1.54, 1.807) is 0 Å². The average molecular weight is 276 g/mol. The van der Waals surface area contributed by atoms with Crippen LogP contribution in [-0.2, 0) is 9.53 Å². The third kappa shape index (κ3) is 6.61. The van der Waals surface area contributed by atoms with Crippen molar-refractivity contribution < 1.29 is 9.53 Å². The van der Waals surface area contributed by atoms with E-state index in [1.807, 2.05) is 42.4 Å². The number of hydrogen-bond donors (Lipinski definition) is 0. The van der Waals surface area contributed by atoms with Gasteiger partial charge in [-0.3, -0.25) is 4.79 Å². The number of carbonyl (C=O) groups is 1. The molecule has 0 aromatic rings. The van der Waals surface area contributed by atoms with Crippen LogP contribution in [0.1, 0.15) is 59.8 Å². The number of carbonyl (C=O) groups excluding carboxylic acids is 1. The number of ether oxygens (including phenoxy) is 1. The van der Waals surface area contributed by atoms with Crippen LogP contribution >= 0.6 is 21.6 Å². The van der Waals surface area contributed by atoms with E-state index in [1.165, 1.54) is 18.6 Å². The molecule has 1 rings (SSSR count). The summed E-state index contributed by atoms with van der Waals surface area (Å²) in [5.41, 5.74) is -0.346. The minimum atomic E-state index is -0.346. The fourth-order valence-electron chi connectivity index (χ4n) is 1.81. The first-order valence-electron chi connectivity index (χ1n) is 6.33. The van der Waals surface area contributed by atoms with Crippen molar-refractivity contribution >= 4 is 27.6 Å². The van der Waals surface area contributed by atoms with E-state index in [0.29, 0.717) is 11.2 Å². The third-order valence-corrected chi connectivity index (χ3v) is 6.09. The van der Waals surface area contributed by atoms with E-state index >= 15 is 0 Å². The van der Waals surface area contributed by atoms with Gasteiger partial charge in [-0.15, -0.1) is 0 Å². The summed E-state index contributed by atoms with van der Waals surface area (Å²) in [6.07, 6.45) is 5.16. The summed E-state index contributed by atoms with van der Waals surface area (Å²) in [4.78, 5) is 11.5. The van der Waals surface area contributed by atoms with Crippen molar-refractivity contribution in [2.24, 2.45) is 0 Å². The smallest absolute Gasteiger partial charge is 0.306 e. The van der Waals surface area contributed by atoms with E-state index < -0.39 is 0 Å². The first kappa shape index (κ1) is 15.2. The maximum absolute atomic E-state index is 11.5. The normalized spacial score (nSPS) is 24.9. The zero-order valence-electron chi connectivity index (χ0n) is 11.4. The summed E-state index contributed by atoms with van der Waals surface area (Å²) < 4.78 is 5.73. The molecular formula is C13H24O2S2. The van der Waals surface area contributed by atoms with Crippen LogP contribution in [0, 0.1) is 0 Å². The van der Waals surface area contributed by atoms with E-state index in [4.69, 9.17) is 4.74 Å². The van der Waals surface area contributed by atoms with Crippen LogP contribution in [-0.4, -0.2) is 22.1 Å². The lowest BCUT2D eigenvalue weighted by atomic mass is 9.99. The van der Waals surface area contributed by atoms with E-state index in [0.717, 1.165) is 12.8 Å². The highest BCUT2D eigenvalue weighted by atomic mass is 33.1. The minimum Gasteiger partial charge on any atom is -0.460 e. The Labute approximate surface area is 113 Å². The molecule has 100 valence electrons. The molecule has 1 saturated heterocycles. The van der Waals surface area contributed by atoms with E-state index in [9.17, 15) is 4.79 Å². The Morgan fingerprint density at radius 1 is 1.35 bits per heavy atom. The molecule has 1 atom stereocenters. The summed E-state index contributed by atoms with van der Waals surface area (Å²) in [6, 6.07) is 0. The molecule has 0 N–H and O–H groups in total. The number of rotatable bonds is 5. The lowest BCUT2D eigenvalue weighted by Crippen LogP contribution is -2.23. The van der Waals surface area contributed by atoms with Gasteiger partial charge in [-0.1, -0.05) is 28.0 Å². The Morgan fingerprint density at radius 3 is 2.59 bits per heavy atom. The van der Waals surface area contributed by atoms with Gasteiger partial charge in [0.1, 0.15) is 5.60 Å². The quantitative estimate of drug-likeness (QED) is 0.421. The summed E-state index contributed by atoms with van der Waals surface area (Å²) >= 11 is 0. The van der Waals surface area contributed by atoms with Crippen molar-refractivity contribution in [2.75, 3.05) is 5.75 Å². The van der Waals surface area contributed by atoms with Crippen molar-refractivity contribution in [1.29, 1.82) is 0 Å². The van der Waals surface area contributed by atoms with Crippen LogP contribution in [0.5, 0.6) is 0 Å². The highest BCUT2D eigenvalue weighted by Crippen LogP contribution is 2.49. The lowest BCUT2D eigenvalue weighted by Gasteiger charge is -2.21. The Morgan fingerprint density at radius 2 is 2.06 bits per heavy atom. The fourth-order valence-corrected chi connectivity index (χ4v) is 5.11. The topological polar surface area (TPSA) is 26.3 Å². The first-order valence-corrected chi connectivity index (χ1v) is 8.65. The predicted octanol–water partition coefficient (Wildman–Crippen LogP) is 4.43. The molecule has 1 fully saturated rings. The van der Waals surface area contributed by atoms with Gasteiger partial charge in [-0.25, -0.2) is 0 Å². The fraction of sp³-hybridized carbons (Fsp3) is 0.923.